The summed E-state index contributed by atoms with van der Waals surface area (Å²) in [6.45, 7) is 5.27. The van der Waals surface area contributed by atoms with E-state index in [-0.39, 0.29) is 18.3 Å². The summed E-state index contributed by atoms with van der Waals surface area (Å²) in [6, 6.07) is 0. The Bertz CT molecular complexity index is 561. The van der Waals surface area contributed by atoms with Crippen LogP contribution in [0.25, 0.3) is 0 Å². The van der Waals surface area contributed by atoms with E-state index < -0.39 is 22.6 Å². The van der Waals surface area contributed by atoms with E-state index in [1.54, 1.807) is 20.8 Å². The van der Waals surface area contributed by atoms with Gasteiger partial charge in [0, 0.05) is 23.5 Å². The summed E-state index contributed by atoms with van der Waals surface area (Å²) >= 11 is 0. The summed E-state index contributed by atoms with van der Waals surface area (Å²) in [6.07, 6.45) is 1.99. The van der Waals surface area contributed by atoms with E-state index in [2.05, 4.69) is 0 Å². The van der Waals surface area contributed by atoms with Gasteiger partial charge in [0.2, 0.25) is 5.79 Å². The Hall–Kier alpha value is -0.910. The molecule has 2 unspecified atom stereocenters. The Balaban J connectivity index is 1.93. The highest BCUT2D eigenvalue weighted by Crippen LogP contribution is 2.67. The summed E-state index contributed by atoms with van der Waals surface area (Å²) in [5.41, 5.74) is -1.43. The maximum atomic E-state index is 11.9. The predicted octanol–water partition coefficient (Wildman–Crippen LogP) is 1.03. The fourth-order valence-electron chi connectivity index (χ4n) is 4.92. The van der Waals surface area contributed by atoms with Crippen LogP contribution in [0.2, 0.25) is 0 Å². The van der Waals surface area contributed by atoms with Gasteiger partial charge in [0.1, 0.15) is 5.60 Å². The molecule has 0 aromatic rings. The molecule has 5 nitrogen and oxygen atoms in total. The van der Waals surface area contributed by atoms with Gasteiger partial charge in [-0.1, -0.05) is 0 Å². The molecule has 1 aliphatic carbocycles. The lowest BCUT2D eigenvalue weighted by Gasteiger charge is -2.46. The lowest BCUT2D eigenvalue weighted by Crippen LogP contribution is -2.57. The Morgan fingerprint density at radius 2 is 1.95 bits per heavy atom. The molecule has 4 rings (SSSR count). The standard InChI is InChI=1S/C15H20O5/c1-8-9-6-10-12(2,17)4-5-14(10)13(3,18)7-15(9,20-14)19-11(8)16/h10,17-18H,4-7H2,1-3H3/t10-,12+,13+,14?,15?/m0/s1. The molecule has 0 amide bonds. The highest BCUT2D eigenvalue weighted by molar-refractivity contribution is 5.92. The molecule has 3 heterocycles. The van der Waals surface area contributed by atoms with Crippen molar-refractivity contribution in [1.29, 1.82) is 0 Å². The minimum absolute atomic E-state index is 0.208. The molecular formula is C15H20O5. The fraction of sp³-hybridized carbons (Fsp3) is 0.800. The number of esters is 1. The molecule has 3 fully saturated rings. The normalized spacial score (nSPS) is 56.9. The van der Waals surface area contributed by atoms with E-state index in [9.17, 15) is 15.0 Å². The van der Waals surface area contributed by atoms with Crippen molar-refractivity contribution in [1.82, 2.24) is 0 Å². The van der Waals surface area contributed by atoms with Gasteiger partial charge in [-0.25, -0.2) is 4.79 Å². The Labute approximate surface area is 117 Å². The smallest absolute Gasteiger partial charge is 0.336 e. The van der Waals surface area contributed by atoms with E-state index in [0.29, 0.717) is 24.8 Å². The van der Waals surface area contributed by atoms with Crippen molar-refractivity contribution in [2.75, 3.05) is 0 Å². The van der Waals surface area contributed by atoms with Crippen LogP contribution in [0.15, 0.2) is 11.1 Å². The molecule has 2 N–H and O–H groups in total. The number of aliphatic hydroxyl groups is 2. The highest BCUT2D eigenvalue weighted by Gasteiger charge is 2.77. The number of carbonyl (C=O) groups is 1. The molecule has 0 aromatic heterocycles. The summed E-state index contributed by atoms with van der Waals surface area (Å²) < 4.78 is 11.7. The quantitative estimate of drug-likeness (QED) is 0.648. The molecular weight excluding hydrogens is 260 g/mol. The highest BCUT2D eigenvalue weighted by atomic mass is 16.7. The van der Waals surface area contributed by atoms with Gasteiger partial charge in [0.25, 0.3) is 0 Å². The largest absolute Gasteiger partial charge is 0.425 e. The van der Waals surface area contributed by atoms with Crippen molar-refractivity contribution in [3.05, 3.63) is 11.1 Å². The van der Waals surface area contributed by atoms with Gasteiger partial charge >= 0.3 is 5.97 Å². The molecule has 3 aliphatic heterocycles. The van der Waals surface area contributed by atoms with Gasteiger partial charge in [-0.05, 0) is 40.0 Å². The zero-order valence-electron chi connectivity index (χ0n) is 12.0. The summed E-state index contributed by atoms with van der Waals surface area (Å²) in [5, 5.41) is 21.6. The minimum atomic E-state index is -1.11. The summed E-state index contributed by atoms with van der Waals surface area (Å²) in [5.74, 6) is -1.67. The molecule has 2 saturated heterocycles. The van der Waals surface area contributed by atoms with Crippen LogP contribution in [0.1, 0.15) is 46.5 Å². The van der Waals surface area contributed by atoms with E-state index in [4.69, 9.17) is 9.47 Å². The van der Waals surface area contributed by atoms with Crippen molar-refractivity contribution in [2.45, 2.75) is 69.0 Å². The lowest BCUT2D eigenvalue weighted by atomic mass is 9.72. The van der Waals surface area contributed by atoms with Gasteiger partial charge < -0.3 is 19.7 Å². The van der Waals surface area contributed by atoms with Crippen molar-refractivity contribution in [2.24, 2.45) is 5.92 Å². The van der Waals surface area contributed by atoms with Crippen LogP contribution in [0.5, 0.6) is 0 Å². The van der Waals surface area contributed by atoms with Crippen molar-refractivity contribution in [3.63, 3.8) is 0 Å². The maximum absolute atomic E-state index is 11.9. The minimum Gasteiger partial charge on any atom is -0.425 e. The zero-order chi connectivity index (χ0) is 14.6. The average molecular weight is 280 g/mol. The Morgan fingerprint density at radius 3 is 2.65 bits per heavy atom. The molecule has 0 aromatic carbocycles. The second-order valence-corrected chi connectivity index (χ2v) is 7.30. The molecule has 110 valence electrons. The molecule has 2 bridgehead atoms. The van der Waals surface area contributed by atoms with Gasteiger partial charge in [-0.15, -0.1) is 0 Å². The van der Waals surface area contributed by atoms with Gasteiger partial charge in [-0.3, -0.25) is 0 Å². The third-order valence-electron chi connectivity index (χ3n) is 6.04. The average Bonchev–Trinajstić information content (AvgIpc) is 2.78. The first-order chi connectivity index (χ1) is 9.14. The topological polar surface area (TPSA) is 76.0 Å². The van der Waals surface area contributed by atoms with Crippen LogP contribution >= 0.6 is 0 Å². The number of hydrogen-bond acceptors (Lipinski definition) is 5. The van der Waals surface area contributed by atoms with Crippen LogP contribution in [-0.4, -0.2) is 38.8 Å². The molecule has 1 saturated carbocycles. The first kappa shape index (κ1) is 12.8. The van der Waals surface area contributed by atoms with Crippen molar-refractivity contribution in [3.8, 4) is 0 Å². The molecule has 20 heavy (non-hydrogen) atoms. The monoisotopic (exact) mass is 280 g/mol. The third kappa shape index (κ3) is 1.15. The molecule has 5 atom stereocenters. The predicted molar refractivity (Wildman–Crippen MR) is 68.5 cm³/mol. The maximum Gasteiger partial charge on any atom is 0.336 e. The zero-order valence-corrected chi connectivity index (χ0v) is 12.0. The van der Waals surface area contributed by atoms with Gasteiger partial charge in [-0.2, -0.15) is 0 Å². The number of hydrogen-bond donors (Lipinski definition) is 2. The summed E-state index contributed by atoms with van der Waals surface area (Å²) in [7, 11) is 0. The Kier molecular flexibility index (Phi) is 2.00. The van der Waals surface area contributed by atoms with Crippen LogP contribution in [0, 0.1) is 5.92 Å². The fourth-order valence-corrected chi connectivity index (χ4v) is 4.92. The van der Waals surface area contributed by atoms with Crippen molar-refractivity contribution >= 4 is 5.97 Å². The third-order valence-corrected chi connectivity index (χ3v) is 6.04. The number of rotatable bonds is 0. The first-order valence-corrected chi connectivity index (χ1v) is 7.22. The van der Waals surface area contributed by atoms with Gasteiger partial charge in [0.15, 0.2) is 0 Å². The van der Waals surface area contributed by atoms with Crippen LogP contribution < -0.4 is 0 Å². The van der Waals surface area contributed by atoms with Crippen LogP contribution in [0.3, 0.4) is 0 Å². The summed E-state index contributed by atoms with van der Waals surface area (Å²) in [4.78, 5) is 11.9. The second-order valence-electron chi connectivity index (χ2n) is 7.30. The van der Waals surface area contributed by atoms with E-state index in [1.807, 2.05) is 0 Å². The van der Waals surface area contributed by atoms with E-state index in [0.717, 1.165) is 5.57 Å². The number of ether oxygens (including phenoxy) is 2. The van der Waals surface area contributed by atoms with Crippen LogP contribution in [-0.2, 0) is 14.3 Å². The molecule has 4 aliphatic rings. The number of carbonyl (C=O) groups excluding carboxylic acids is 1. The second kappa shape index (κ2) is 3.13. The van der Waals surface area contributed by atoms with Gasteiger partial charge in [0.05, 0.1) is 11.2 Å². The SMILES string of the molecule is CC1=C2C[C@@H]3C4(CC[C@@]3(C)O)OC2(C[C@@]4(C)O)OC1=O. The first-order valence-electron chi connectivity index (χ1n) is 7.22. The molecule has 0 radical (unpaired) electrons. The Morgan fingerprint density at radius 1 is 1.25 bits per heavy atom. The van der Waals surface area contributed by atoms with E-state index in [1.165, 1.54) is 0 Å². The molecule has 5 heteroatoms. The molecule has 2 spiro atoms. The van der Waals surface area contributed by atoms with Crippen molar-refractivity contribution < 1.29 is 24.5 Å². The lowest BCUT2D eigenvalue weighted by molar-refractivity contribution is -0.256. The van der Waals surface area contributed by atoms with E-state index >= 15 is 0 Å². The van der Waals surface area contributed by atoms with Crippen LogP contribution in [0.4, 0.5) is 0 Å².